The van der Waals surface area contributed by atoms with Crippen LogP contribution in [0.15, 0.2) is 0 Å². The minimum absolute atomic E-state index is 0.510. The van der Waals surface area contributed by atoms with Gasteiger partial charge in [0.2, 0.25) is 0 Å². The largest absolute Gasteiger partial charge is 0.401 e. The molecule has 0 radical (unpaired) electrons. The quantitative estimate of drug-likeness (QED) is 0.655. The average molecular weight is 197 g/mol. The van der Waals surface area contributed by atoms with E-state index in [-0.39, 0.29) is 0 Å². The van der Waals surface area contributed by atoms with Crippen molar-refractivity contribution in [2.24, 2.45) is 5.92 Å². The fourth-order valence-electron chi connectivity index (χ4n) is 1.03. The summed E-state index contributed by atoms with van der Waals surface area (Å²) in [4.78, 5) is 1.33. The van der Waals surface area contributed by atoms with E-state index in [9.17, 15) is 13.2 Å². The van der Waals surface area contributed by atoms with Crippen LogP contribution in [-0.2, 0) is 0 Å². The smallest absolute Gasteiger partial charge is 0.298 e. The Hall–Kier alpha value is -0.250. The summed E-state index contributed by atoms with van der Waals surface area (Å²) in [5.41, 5.74) is 0. The molecule has 0 fully saturated rings. The second-order valence-electron chi connectivity index (χ2n) is 3.66. The molecule has 0 heterocycles. The van der Waals surface area contributed by atoms with Gasteiger partial charge in [0.1, 0.15) is 0 Å². The molecule has 0 saturated heterocycles. The first-order valence-corrected chi connectivity index (χ1v) is 4.60. The van der Waals surface area contributed by atoms with Crippen LogP contribution in [0.5, 0.6) is 0 Å². The predicted molar refractivity (Wildman–Crippen MR) is 47.6 cm³/mol. The minimum atomic E-state index is -4.07. The summed E-state index contributed by atoms with van der Waals surface area (Å²) in [5.74, 6) is 0.510. The summed E-state index contributed by atoms with van der Waals surface area (Å²) in [7, 11) is 1.51. The van der Waals surface area contributed by atoms with Crippen LogP contribution in [0.2, 0.25) is 0 Å². The molecule has 80 valence electrons. The topological polar surface area (TPSA) is 3.24 Å². The van der Waals surface area contributed by atoms with Crippen molar-refractivity contribution in [2.75, 3.05) is 20.1 Å². The molecule has 0 aliphatic carbocycles. The van der Waals surface area contributed by atoms with E-state index >= 15 is 0 Å². The molecule has 0 aliphatic heterocycles. The third-order valence-electron chi connectivity index (χ3n) is 2.15. The van der Waals surface area contributed by atoms with Crippen molar-refractivity contribution >= 4 is 0 Å². The third-order valence-corrected chi connectivity index (χ3v) is 2.15. The molecule has 0 saturated carbocycles. The monoisotopic (exact) mass is 197 g/mol. The highest BCUT2D eigenvalue weighted by molar-refractivity contribution is 4.60. The van der Waals surface area contributed by atoms with Crippen LogP contribution in [0.25, 0.3) is 0 Å². The molecule has 0 rings (SSSR count). The lowest BCUT2D eigenvalue weighted by molar-refractivity contribution is -0.143. The highest BCUT2D eigenvalue weighted by atomic mass is 19.4. The molecular weight excluding hydrogens is 179 g/mol. The molecule has 13 heavy (non-hydrogen) atoms. The summed E-state index contributed by atoms with van der Waals surface area (Å²) >= 11 is 0. The van der Waals surface area contributed by atoms with Gasteiger partial charge in [-0.05, 0) is 25.9 Å². The molecule has 0 bridgehead atoms. The SMILES string of the molecule is CCC(C)CCN(C)CC(F)(F)F. The van der Waals surface area contributed by atoms with Crippen LogP contribution < -0.4 is 0 Å². The van der Waals surface area contributed by atoms with Gasteiger partial charge in [0.25, 0.3) is 0 Å². The van der Waals surface area contributed by atoms with Crippen LogP contribution >= 0.6 is 0 Å². The van der Waals surface area contributed by atoms with Crippen molar-refractivity contribution in [1.29, 1.82) is 0 Å². The first-order chi connectivity index (χ1) is 5.85. The van der Waals surface area contributed by atoms with Crippen LogP contribution in [0.3, 0.4) is 0 Å². The maximum absolute atomic E-state index is 11.9. The lowest BCUT2D eigenvalue weighted by atomic mass is 10.1. The Morgan fingerprint density at radius 2 is 1.85 bits per heavy atom. The van der Waals surface area contributed by atoms with E-state index in [0.29, 0.717) is 12.5 Å². The molecule has 0 aliphatic rings. The molecule has 0 spiro atoms. The van der Waals surface area contributed by atoms with Crippen LogP contribution in [0.1, 0.15) is 26.7 Å². The second kappa shape index (κ2) is 5.47. The summed E-state index contributed by atoms with van der Waals surface area (Å²) in [6.07, 6.45) is -2.20. The Bertz CT molecular complexity index is 133. The molecule has 1 atom stereocenters. The summed E-state index contributed by atoms with van der Waals surface area (Å²) in [5, 5.41) is 0. The molecule has 0 aromatic carbocycles. The van der Waals surface area contributed by atoms with Gasteiger partial charge in [-0.25, -0.2) is 0 Å². The standard InChI is InChI=1S/C9H18F3N/c1-4-8(2)5-6-13(3)7-9(10,11)12/h8H,4-7H2,1-3H3. The maximum atomic E-state index is 11.9. The number of nitrogens with zero attached hydrogens (tertiary/aromatic N) is 1. The third kappa shape index (κ3) is 8.09. The molecule has 0 aromatic rings. The highest BCUT2D eigenvalue weighted by Crippen LogP contribution is 2.16. The Kier molecular flexibility index (Phi) is 5.37. The van der Waals surface area contributed by atoms with Gasteiger partial charge in [-0.1, -0.05) is 20.3 Å². The van der Waals surface area contributed by atoms with Crippen molar-refractivity contribution in [2.45, 2.75) is 32.9 Å². The highest BCUT2D eigenvalue weighted by Gasteiger charge is 2.28. The van der Waals surface area contributed by atoms with Crippen molar-refractivity contribution < 1.29 is 13.2 Å². The summed E-state index contributed by atoms with van der Waals surface area (Å²) < 4.78 is 35.6. The van der Waals surface area contributed by atoms with E-state index in [1.165, 1.54) is 11.9 Å². The first-order valence-electron chi connectivity index (χ1n) is 4.60. The molecule has 0 N–H and O–H groups in total. The predicted octanol–water partition coefficient (Wildman–Crippen LogP) is 2.92. The number of halogens is 3. The van der Waals surface area contributed by atoms with Crippen molar-refractivity contribution in [3.05, 3.63) is 0 Å². The maximum Gasteiger partial charge on any atom is 0.401 e. The summed E-state index contributed by atoms with van der Waals surface area (Å²) in [6.45, 7) is 3.83. The lowest BCUT2D eigenvalue weighted by Crippen LogP contribution is -2.32. The molecule has 0 aromatic heterocycles. The molecule has 1 nitrogen and oxygen atoms in total. The van der Waals surface area contributed by atoms with Gasteiger partial charge in [-0.2, -0.15) is 13.2 Å². The molecular formula is C9H18F3N. The number of hydrogen-bond donors (Lipinski definition) is 0. The van der Waals surface area contributed by atoms with Crippen LogP contribution in [-0.4, -0.2) is 31.2 Å². The summed E-state index contributed by atoms with van der Waals surface area (Å²) in [6, 6.07) is 0. The lowest BCUT2D eigenvalue weighted by Gasteiger charge is -2.19. The van der Waals surface area contributed by atoms with E-state index < -0.39 is 12.7 Å². The van der Waals surface area contributed by atoms with Crippen LogP contribution in [0, 0.1) is 5.92 Å². The molecule has 4 heteroatoms. The first kappa shape index (κ1) is 12.8. The van der Waals surface area contributed by atoms with Gasteiger partial charge in [0.15, 0.2) is 0 Å². The number of rotatable bonds is 5. The van der Waals surface area contributed by atoms with E-state index in [0.717, 1.165) is 12.8 Å². The van der Waals surface area contributed by atoms with E-state index in [1.807, 2.05) is 0 Å². The van der Waals surface area contributed by atoms with Crippen LogP contribution in [0.4, 0.5) is 13.2 Å². The number of alkyl halides is 3. The zero-order valence-corrected chi connectivity index (χ0v) is 8.49. The Balaban J connectivity index is 3.57. The fourth-order valence-corrected chi connectivity index (χ4v) is 1.03. The zero-order valence-electron chi connectivity index (χ0n) is 8.49. The van der Waals surface area contributed by atoms with Crippen molar-refractivity contribution in [1.82, 2.24) is 4.90 Å². The Morgan fingerprint density at radius 1 is 1.31 bits per heavy atom. The van der Waals surface area contributed by atoms with Gasteiger partial charge in [0, 0.05) is 0 Å². The van der Waals surface area contributed by atoms with Crippen molar-refractivity contribution in [3.8, 4) is 0 Å². The normalized spacial score (nSPS) is 15.0. The van der Waals surface area contributed by atoms with Gasteiger partial charge in [0.05, 0.1) is 6.54 Å². The Labute approximate surface area is 77.9 Å². The zero-order chi connectivity index (χ0) is 10.5. The van der Waals surface area contributed by atoms with E-state index in [4.69, 9.17) is 0 Å². The fraction of sp³-hybridized carbons (Fsp3) is 1.00. The van der Waals surface area contributed by atoms with E-state index in [1.54, 1.807) is 0 Å². The van der Waals surface area contributed by atoms with E-state index in [2.05, 4.69) is 13.8 Å². The average Bonchev–Trinajstić information content (AvgIpc) is 1.97. The van der Waals surface area contributed by atoms with Gasteiger partial charge >= 0.3 is 6.18 Å². The second-order valence-corrected chi connectivity index (χ2v) is 3.66. The Morgan fingerprint density at radius 3 is 2.23 bits per heavy atom. The van der Waals surface area contributed by atoms with Gasteiger partial charge < -0.3 is 0 Å². The number of hydrogen-bond acceptors (Lipinski definition) is 1. The molecule has 1 unspecified atom stereocenters. The molecule has 0 amide bonds. The van der Waals surface area contributed by atoms with Gasteiger partial charge in [-0.3, -0.25) is 4.90 Å². The van der Waals surface area contributed by atoms with Crippen molar-refractivity contribution in [3.63, 3.8) is 0 Å². The minimum Gasteiger partial charge on any atom is -0.298 e. The van der Waals surface area contributed by atoms with Gasteiger partial charge in [-0.15, -0.1) is 0 Å².